The Morgan fingerprint density at radius 3 is 2.48 bits per heavy atom. The third-order valence-electron chi connectivity index (χ3n) is 5.96. The van der Waals surface area contributed by atoms with E-state index in [1.54, 1.807) is 35.4 Å². The van der Waals surface area contributed by atoms with Crippen LogP contribution in [0.2, 0.25) is 0 Å². The number of anilines is 1. The lowest BCUT2D eigenvalue weighted by atomic mass is 10.1. The molecule has 0 radical (unpaired) electrons. The van der Waals surface area contributed by atoms with Crippen LogP contribution >= 0.6 is 0 Å². The van der Waals surface area contributed by atoms with Crippen LogP contribution in [0.4, 0.5) is 5.69 Å². The standard InChI is InChI=1S/C25H21N3O5/c29-23(18-8-1-2-9-19(18)25(31)32)28-15-17-13-21(28)24(30)27(14-16-7-5-6-12-26-16)20-10-3-4-11-22(20)33-17/h1-12,17,21H,13-15H2,(H,31,32). The summed E-state index contributed by atoms with van der Waals surface area (Å²) in [4.78, 5) is 46.3. The van der Waals surface area contributed by atoms with Gasteiger partial charge in [0.15, 0.2) is 0 Å². The molecule has 0 aliphatic carbocycles. The fraction of sp³-hybridized carbons (Fsp3) is 0.200. The largest absolute Gasteiger partial charge is 0.486 e. The first-order chi connectivity index (χ1) is 16.0. The Labute approximate surface area is 190 Å². The van der Waals surface area contributed by atoms with Crippen LogP contribution in [0.5, 0.6) is 5.75 Å². The lowest BCUT2D eigenvalue weighted by molar-refractivity contribution is -0.122. The molecule has 2 bridgehead atoms. The van der Waals surface area contributed by atoms with E-state index < -0.39 is 17.9 Å². The molecule has 33 heavy (non-hydrogen) atoms. The van der Waals surface area contributed by atoms with Crippen molar-refractivity contribution in [2.45, 2.75) is 25.1 Å². The predicted molar refractivity (Wildman–Crippen MR) is 119 cm³/mol. The quantitative estimate of drug-likeness (QED) is 0.666. The second-order valence-electron chi connectivity index (χ2n) is 8.01. The number of hydrogen-bond acceptors (Lipinski definition) is 5. The molecule has 5 rings (SSSR count). The number of fused-ring (bicyclic) bond motifs is 3. The number of para-hydroxylation sites is 2. The molecule has 1 aromatic heterocycles. The smallest absolute Gasteiger partial charge is 0.336 e. The van der Waals surface area contributed by atoms with Crippen molar-refractivity contribution in [1.29, 1.82) is 0 Å². The molecule has 166 valence electrons. The number of hydrogen-bond donors (Lipinski definition) is 1. The predicted octanol–water partition coefficient (Wildman–Crippen LogP) is 2.99. The molecule has 8 heteroatoms. The Hall–Kier alpha value is -4.20. The summed E-state index contributed by atoms with van der Waals surface area (Å²) in [6, 6.07) is 18.0. The van der Waals surface area contributed by atoms with E-state index >= 15 is 0 Å². The van der Waals surface area contributed by atoms with Gasteiger partial charge in [-0.1, -0.05) is 30.3 Å². The number of benzene rings is 2. The summed E-state index contributed by atoms with van der Waals surface area (Å²) in [6.45, 7) is 0.407. The van der Waals surface area contributed by atoms with Crippen LogP contribution < -0.4 is 9.64 Å². The van der Waals surface area contributed by atoms with Crippen LogP contribution in [0.15, 0.2) is 72.9 Å². The minimum absolute atomic E-state index is 0.0523. The Kier molecular flexibility index (Phi) is 5.26. The summed E-state index contributed by atoms with van der Waals surface area (Å²) in [5.41, 5.74) is 1.27. The zero-order valence-electron chi connectivity index (χ0n) is 17.6. The van der Waals surface area contributed by atoms with Crippen molar-refractivity contribution < 1.29 is 24.2 Å². The van der Waals surface area contributed by atoms with Gasteiger partial charge in [-0.2, -0.15) is 0 Å². The van der Waals surface area contributed by atoms with Crippen LogP contribution in [0.3, 0.4) is 0 Å². The van der Waals surface area contributed by atoms with Gasteiger partial charge in [0.05, 0.1) is 35.6 Å². The Balaban J connectivity index is 1.54. The molecule has 2 aliphatic heterocycles. The summed E-state index contributed by atoms with van der Waals surface area (Å²) in [5, 5.41) is 9.53. The number of rotatable bonds is 4. The van der Waals surface area contributed by atoms with E-state index in [-0.39, 0.29) is 36.2 Å². The van der Waals surface area contributed by atoms with Crippen LogP contribution in [-0.2, 0) is 11.3 Å². The second-order valence-corrected chi connectivity index (χ2v) is 8.01. The van der Waals surface area contributed by atoms with Gasteiger partial charge < -0.3 is 19.6 Å². The highest BCUT2D eigenvalue weighted by atomic mass is 16.5. The first-order valence-electron chi connectivity index (χ1n) is 10.6. The molecule has 8 nitrogen and oxygen atoms in total. The highest BCUT2D eigenvalue weighted by Gasteiger charge is 2.45. The van der Waals surface area contributed by atoms with Gasteiger partial charge in [-0.15, -0.1) is 0 Å². The highest BCUT2D eigenvalue weighted by Crippen LogP contribution is 2.37. The molecule has 1 saturated heterocycles. The van der Waals surface area contributed by atoms with Gasteiger partial charge in [-0.05, 0) is 36.4 Å². The Morgan fingerprint density at radius 1 is 1.00 bits per heavy atom. The van der Waals surface area contributed by atoms with E-state index in [0.717, 1.165) is 0 Å². The summed E-state index contributed by atoms with van der Waals surface area (Å²) < 4.78 is 6.21. The van der Waals surface area contributed by atoms with E-state index in [4.69, 9.17) is 4.74 Å². The van der Waals surface area contributed by atoms with E-state index in [0.29, 0.717) is 23.6 Å². The number of pyridine rings is 1. The van der Waals surface area contributed by atoms with Crippen molar-refractivity contribution in [3.63, 3.8) is 0 Å². The molecule has 3 heterocycles. The lowest BCUT2D eigenvalue weighted by Gasteiger charge is -2.31. The number of carbonyl (C=O) groups is 3. The van der Waals surface area contributed by atoms with Gasteiger partial charge in [0, 0.05) is 12.6 Å². The van der Waals surface area contributed by atoms with Crippen molar-refractivity contribution in [2.75, 3.05) is 11.4 Å². The molecular weight excluding hydrogens is 422 g/mol. The summed E-state index contributed by atoms with van der Waals surface area (Å²) in [7, 11) is 0. The topological polar surface area (TPSA) is 100 Å². The minimum atomic E-state index is -1.19. The number of nitrogens with zero attached hydrogens (tertiary/aromatic N) is 3. The molecule has 3 aromatic rings. The fourth-order valence-corrected chi connectivity index (χ4v) is 4.43. The van der Waals surface area contributed by atoms with Gasteiger partial charge >= 0.3 is 5.97 Å². The average Bonchev–Trinajstić information content (AvgIpc) is 3.27. The van der Waals surface area contributed by atoms with E-state index in [1.807, 2.05) is 30.3 Å². The number of ether oxygens (including phenoxy) is 1. The zero-order valence-corrected chi connectivity index (χ0v) is 17.6. The van der Waals surface area contributed by atoms with Crippen molar-refractivity contribution >= 4 is 23.5 Å². The SMILES string of the molecule is O=C(O)c1ccccc1C(=O)N1CC2CC1C(=O)N(Cc1ccccn1)c1ccccc1O2. The van der Waals surface area contributed by atoms with Crippen LogP contribution in [0.1, 0.15) is 32.8 Å². The number of carboxylic acids is 1. The van der Waals surface area contributed by atoms with Gasteiger partial charge in [0.25, 0.3) is 5.91 Å². The number of carboxylic acid groups (broad SMARTS) is 1. The first-order valence-corrected chi connectivity index (χ1v) is 10.6. The fourth-order valence-electron chi connectivity index (χ4n) is 4.43. The van der Waals surface area contributed by atoms with Gasteiger partial charge in [0.2, 0.25) is 5.91 Å². The maximum atomic E-state index is 13.8. The third kappa shape index (κ3) is 3.80. The Morgan fingerprint density at radius 2 is 1.73 bits per heavy atom. The zero-order chi connectivity index (χ0) is 22.9. The van der Waals surface area contributed by atoms with Gasteiger partial charge in [0.1, 0.15) is 17.9 Å². The molecule has 2 atom stereocenters. The number of carbonyl (C=O) groups excluding carboxylic acids is 2. The number of aromatic nitrogens is 1. The molecule has 1 N–H and O–H groups in total. The van der Waals surface area contributed by atoms with Crippen molar-refractivity contribution in [3.05, 3.63) is 89.7 Å². The number of amides is 2. The molecular formula is C25H21N3O5. The molecule has 0 saturated carbocycles. The Bertz CT molecular complexity index is 1230. The molecule has 2 unspecified atom stereocenters. The van der Waals surface area contributed by atoms with E-state index in [1.165, 1.54) is 17.0 Å². The number of aromatic carboxylic acids is 1. The number of likely N-dealkylation sites (tertiary alicyclic amines) is 1. The van der Waals surface area contributed by atoms with Crippen LogP contribution in [-0.4, -0.2) is 51.5 Å². The van der Waals surface area contributed by atoms with E-state index in [2.05, 4.69) is 4.98 Å². The second kappa shape index (κ2) is 8.38. The third-order valence-corrected chi connectivity index (χ3v) is 5.96. The molecule has 2 aliphatic rings. The first kappa shape index (κ1) is 20.7. The minimum Gasteiger partial charge on any atom is -0.486 e. The van der Waals surface area contributed by atoms with Crippen LogP contribution in [0, 0.1) is 0 Å². The van der Waals surface area contributed by atoms with Crippen molar-refractivity contribution in [1.82, 2.24) is 9.88 Å². The molecule has 0 spiro atoms. The maximum absolute atomic E-state index is 13.8. The summed E-state index contributed by atoms with van der Waals surface area (Å²) in [5.74, 6) is -1.38. The highest BCUT2D eigenvalue weighted by molar-refractivity contribution is 6.08. The van der Waals surface area contributed by atoms with Crippen molar-refractivity contribution in [2.24, 2.45) is 0 Å². The normalized spacial score (nSPS) is 19.3. The molecule has 2 aromatic carbocycles. The van der Waals surface area contributed by atoms with Gasteiger partial charge in [-0.3, -0.25) is 14.6 Å². The molecule has 2 amide bonds. The van der Waals surface area contributed by atoms with Crippen LogP contribution in [0.25, 0.3) is 0 Å². The van der Waals surface area contributed by atoms with E-state index in [9.17, 15) is 19.5 Å². The van der Waals surface area contributed by atoms with Gasteiger partial charge in [-0.25, -0.2) is 4.79 Å². The molecule has 1 fully saturated rings. The lowest BCUT2D eigenvalue weighted by Crippen LogP contribution is -2.48. The summed E-state index contributed by atoms with van der Waals surface area (Å²) in [6.07, 6.45) is 1.61. The monoisotopic (exact) mass is 443 g/mol. The van der Waals surface area contributed by atoms with Crippen molar-refractivity contribution in [3.8, 4) is 5.75 Å². The maximum Gasteiger partial charge on any atom is 0.336 e. The average molecular weight is 443 g/mol. The summed E-state index contributed by atoms with van der Waals surface area (Å²) >= 11 is 0.